The van der Waals surface area contributed by atoms with Gasteiger partial charge < -0.3 is 4.74 Å². The van der Waals surface area contributed by atoms with Crippen LogP contribution in [0.2, 0.25) is 0 Å². The number of anilines is 1. The first-order valence-corrected chi connectivity index (χ1v) is 7.13. The minimum Gasteiger partial charge on any atom is -0.465 e. The number of hydrogen-bond acceptors (Lipinski definition) is 5. The molecule has 0 radical (unpaired) electrons. The summed E-state index contributed by atoms with van der Waals surface area (Å²) >= 11 is 1.30. The number of ether oxygens (including phenoxy) is 1. The second kappa shape index (κ2) is 6.49. The molecule has 1 heterocycles. The number of carbonyl (C=O) groups excluding carboxylic acids is 1. The first-order chi connectivity index (χ1) is 10.0. The Labute approximate surface area is 126 Å². The Hall–Kier alpha value is -2.21. The Balaban J connectivity index is 2.22. The number of benzene rings is 1. The molecule has 110 valence electrons. The zero-order valence-corrected chi connectivity index (χ0v) is 12.8. The number of hydrogen-bond donors (Lipinski definition) is 1. The second-order valence-corrected chi connectivity index (χ2v) is 5.31. The van der Waals surface area contributed by atoms with Crippen LogP contribution in [0, 0.1) is 12.7 Å². The molecule has 0 unspecified atom stereocenters. The van der Waals surface area contributed by atoms with E-state index in [0.29, 0.717) is 16.3 Å². The molecule has 0 saturated carbocycles. The fraction of sp³-hybridized carbons (Fsp3) is 0.200. The van der Waals surface area contributed by atoms with E-state index in [1.807, 2.05) is 12.3 Å². The van der Waals surface area contributed by atoms with Gasteiger partial charge in [-0.05, 0) is 42.5 Å². The van der Waals surface area contributed by atoms with Gasteiger partial charge in [0.1, 0.15) is 10.7 Å². The SMILES string of the molecule is COC(=O)c1scc(C)c1N/N=C(/C)c1ccc(F)cc1. The number of carbonyl (C=O) groups is 1. The standard InChI is InChI=1S/C15H15FN2O2S/c1-9-8-21-14(15(19)20-3)13(9)18-17-10(2)11-4-6-12(16)7-5-11/h4-8,18H,1-3H3/b17-10-. The maximum atomic E-state index is 12.9. The van der Waals surface area contributed by atoms with Gasteiger partial charge in [0.05, 0.1) is 18.5 Å². The van der Waals surface area contributed by atoms with Crippen molar-refractivity contribution < 1.29 is 13.9 Å². The van der Waals surface area contributed by atoms with Crippen molar-refractivity contribution in [2.24, 2.45) is 5.10 Å². The first kappa shape index (κ1) is 15.2. The van der Waals surface area contributed by atoms with Crippen LogP contribution in [0.4, 0.5) is 10.1 Å². The van der Waals surface area contributed by atoms with E-state index in [-0.39, 0.29) is 5.82 Å². The van der Waals surface area contributed by atoms with E-state index in [9.17, 15) is 9.18 Å². The largest absolute Gasteiger partial charge is 0.465 e. The molecule has 0 spiro atoms. The van der Waals surface area contributed by atoms with E-state index in [2.05, 4.69) is 10.5 Å². The summed E-state index contributed by atoms with van der Waals surface area (Å²) in [6.45, 7) is 3.69. The molecule has 1 aromatic heterocycles. The van der Waals surface area contributed by atoms with Gasteiger partial charge in [-0.2, -0.15) is 5.10 Å². The molecule has 1 aromatic carbocycles. The van der Waals surface area contributed by atoms with Crippen LogP contribution in [-0.2, 0) is 4.74 Å². The van der Waals surface area contributed by atoms with E-state index in [4.69, 9.17) is 4.74 Å². The van der Waals surface area contributed by atoms with Crippen LogP contribution in [0.25, 0.3) is 0 Å². The number of rotatable bonds is 4. The molecule has 0 atom stereocenters. The summed E-state index contributed by atoms with van der Waals surface area (Å²) in [7, 11) is 1.34. The lowest BCUT2D eigenvalue weighted by Gasteiger charge is -2.06. The highest BCUT2D eigenvalue weighted by molar-refractivity contribution is 7.12. The predicted molar refractivity (Wildman–Crippen MR) is 82.6 cm³/mol. The van der Waals surface area contributed by atoms with Crippen molar-refractivity contribution in [3.8, 4) is 0 Å². The molecular weight excluding hydrogens is 291 g/mol. The van der Waals surface area contributed by atoms with Crippen molar-refractivity contribution in [2.45, 2.75) is 13.8 Å². The van der Waals surface area contributed by atoms with Gasteiger partial charge in [-0.25, -0.2) is 9.18 Å². The monoisotopic (exact) mass is 306 g/mol. The Bertz CT molecular complexity index is 677. The smallest absolute Gasteiger partial charge is 0.350 e. The second-order valence-electron chi connectivity index (χ2n) is 4.43. The summed E-state index contributed by atoms with van der Waals surface area (Å²) in [6, 6.07) is 6.06. The molecule has 0 aliphatic heterocycles. The van der Waals surface area contributed by atoms with Crippen molar-refractivity contribution in [3.63, 3.8) is 0 Å². The molecular formula is C15H15FN2O2S. The predicted octanol–water partition coefficient (Wildman–Crippen LogP) is 3.82. The Kier molecular flexibility index (Phi) is 4.70. The molecule has 4 nitrogen and oxygen atoms in total. The molecule has 0 fully saturated rings. The highest BCUT2D eigenvalue weighted by atomic mass is 32.1. The topological polar surface area (TPSA) is 50.7 Å². The molecule has 2 aromatic rings. The molecule has 0 aliphatic rings. The fourth-order valence-electron chi connectivity index (χ4n) is 1.72. The van der Waals surface area contributed by atoms with Gasteiger partial charge >= 0.3 is 5.97 Å². The maximum Gasteiger partial charge on any atom is 0.350 e. The van der Waals surface area contributed by atoms with Gasteiger partial charge in [0.2, 0.25) is 0 Å². The van der Waals surface area contributed by atoms with Crippen LogP contribution >= 0.6 is 11.3 Å². The van der Waals surface area contributed by atoms with Crippen LogP contribution in [-0.4, -0.2) is 18.8 Å². The van der Waals surface area contributed by atoms with Crippen molar-refractivity contribution >= 4 is 28.7 Å². The fourth-order valence-corrected chi connectivity index (χ4v) is 2.64. The normalized spacial score (nSPS) is 11.3. The van der Waals surface area contributed by atoms with Crippen molar-refractivity contribution in [3.05, 3.63) is 51.5 Å². The number of aryl methyl sites for hydroxylation is 1. The van der Waals surface area contributed by atoms with Gasteiger partial charge in [-0.15, -0.1) is 11.3 Å². The maximum absolute atomic E-state index is 12.9. The number of thiophene rings is 1. The zero-order chi connectivity index (χ0) is 15.4. The van der Waals surface area contributed by atoms with E-state index < -0.39 is 5.97 Å². The Morgan fingerprint density at radius 1 is 1.33 bits per heavy atom. The van der Waals surface area contributed by atoms with Crippen LogP contribution < -0.4 is 5.43 Å². The van der Waals surface area contributed by atoms with E-state index >= 15 is 0 Å². The third-order valence-electron chi connectivity index (χ3n) is 2.94. The molecule has 0 bridgehead atoms. The number of methoxy groups -OCH3 is 1. The van der Waals surface area contributed by atoms with E-state index in [1.165, 1.54) is 30.6 Å². The number of halogens is 1. The van der Waals surface area contributed by atoms with Gasteiger partial charge in [0.15, 0.2) is 0 Å². The lowest BCUT2D eigenvalue weighted by molar-refractivity contribution is 0.0607. The van der Waals surface area contributed by atoms with Crippen molar-refractivity contribution in [1.29, 1.82) is 0 Å². The summed E-state index contributed by atoms with van der Waals surface area (Å²) in [5.74, 6) is -0.689. The molecule has 21 heavy (non-hydrogen) atoms. The summed E-state index contributed by atoms with van der Waals surface area (Å²) < 4.78 is 17.6. The molecule has 2 rings (SSSR count). The lowest BCUT2D eigenvalue weighted by atomic mass is 10.1. The highest BCUT2D eigenvalue weighted by Gasteiger charge is 2.16. The van der Waals surface area contributed by atoms with E-state index in [1.54, 1.807) is 19.1 Å². The van der Waals surface area contributed by atoms with Crippen LogP contribution in [0.15, 0.2) is 34.7 Å². The van der Waals surface area contributed by atoms with Gasteiger partial charge in [0.25, 0.3) is 0 Å². The van der Waals surface area contributed by atoms with Crippen LogP contribution in [0.1, 0.15) is 27.7 Å². The summed E-state index contributed by atoms with van der Waals surface area (Å²) in [5.41, 5.74) is 5.93. The minimum atomic E-state index is -0.398. The summed E-state index contributed by atoms with van der Waals surface area (Å²) in [5, 5.41) is 6.11. The van der Waals surface area contributed by atoms with Crippen LogP contribution in [0.3, 0.4) is 0 Å². The third kappa shape index (κ3) is 3.46. The van der Waals surface area contributed by atoms with Crippen molar-refractivity contribution in [1.82, 2.24) is 0 Å². The third-order valence-corrected chi connectivity index (χ3v) is 4.02. The van der Waals surface area contributed by atoms with Crippen LogP contribution in [0.5, 0.6) is 0 Å². The highest BCUT2D eigenvalue weighted by Crippen LogP contribution is 2.28. The van der Waals surface area contributed by atoms with Gasteiger partial charge in [-0.1, -0.05) is 12.1 Å². The summed E-state index contributed by atoms with van der Waals surface area (Å²) in [6.07, 6.45) is 0. The number of nitrogens with zero attached hydrogens (tertiary/aromatic N) is 1. The van der Waals surface area contributed by atoms with Gasteiger partial charge in [0, 0.05) is 0 Å². The van der Waals surface area contributed by atoms with Gasteiger partial charge in [-0.3, -0.25) is 5.43 Å². The lowest BCUT2D eigenvalue weighted by Crippen LogP contribution is -2.05. The zero-order valence-electron chi connectivity index (χ0n) is 11.9. The molecule has 0 aliphatic carbocycles. The first-order valence-electron chi connectivity index (χ1n) is 6.25. The molecule has 0 amide bonds. The number of nitrogens with one attached hydrogen (secondary N) is 1. The average Bonchev–Trinajstić information content (AvgIpc) is 2.85. The molecule has 0 saturated heterocycles. The Morgan fingerprint density at radius 2 is 2.00 bits per heavy atom. The average molecular weight is 306 g/mol. The Morgan fingerprint density at radius 3 is 2.62 bits per heavy atom. The summed E-state index contributed by atoms with van der Waals surface area (Å²) in [4.78, 5) is 12.1. The minimum absolute atomic E-state index is 0.291. The number of hydrazone groups is 1. The van der Waals surface area contributed by atoms with Crippen molar-refractivity contribution in [2.75, 3.05) is 12.5 Å². The van der Waals surface area contributed by atoms with E-state index in [0.717, 1.165) is 11.1 Å². The molecule has 6 heteroatoms. The quantitative estimate of drug-likeness (QED) is 0.531. The molecule has 1 N–H and O–H groups in total. The number of esters is 1.